The Morgan fingerprint density at radius 3 is 2.77 bits per heavy atom. The molecule has 3 heterocycles. The normalized spacial score (nSPS) is 19.5. The van der Waals surface area contributed by atoms with Gasteiger partial charge in [-0.3, -0.25) is 9.69 Å². The summed E-state index contributed by atoms with van der Waals surface area (Å²) in [7, 11) is 0. The van der Waals surface area contributed by atoms with Crippen LogP contribution in [0.4, 0.5) is 16.7 Å². The van der Waals surface area contributed by atoms with E-state index in [0.29, 0.717) is 40.8 Å². The summed E-state index contributed by atoms with van der Waals surface area (Å²) in [5, 5.41) is 7.50. The second-order valence-electron chi connectivity index (χ2n) is 8.12. The van der Waals surface area contributed by atoms with Crippen molar-refractivity contribution in [3.63, 3.8) is 0 Å². The number of hydrogen-bond acceptors (Lipinski definition) is 6. The first-order valence-corrected chi connectivity index (χ1v) is 10.7. The van der Waals surface area contributed by atoms with Gasteiger partial charge in [0.15, 0.2) is 0 Å². The van der Waals surface area contributed by atoms with Crippen LogP contribution in [0.1, 0.15) is 37.2 Å². The SMILES string of the molecule is Cc1nc(N[C@@H](C)c2cc3cc(Cl)ccc3[nH]c2=O)nc(N2C(=O)NCC2C2CC2)n1. The third kappa shape index (κ3) is 3.81. The predicted molar refractivity (Wildman–Crippen MR) is 119 cm³/mol. The standard InChI is InChI=1S/C21H22ClN7O2/c1-10(15-8-13-7-14(22)5-6-16(13)27-18(15)30)24-19-25-11(2)26-20(28-19)29-17(12-3-4-12)9-23-21(29)31/h5-8,10,12,17H,3-4,9H2,1-2H3,(H,23,31)(H,27,30)(H,24,25,26,28)/t10-,17?/m0/s1. The van der Waals surface area contributed by atoms with Gasteiger partial charge in [-0.25, -0.2) is 4.79 Å². The van der Waals surface area contributed by atoms with E-state index in [1.54, 1.807) is 30.0 Å². The Bertz CT molecular complexity index is 1240. The fourth-order valence-electron chi connectivity index (χ4n) is 4.04. The second kappa shape index (κ2) is 7.49. The molecule has 2 amide bonds. The molecule has 0 bridgehead atoms. The van der Waals surface area contributed by atoms with Crippen molar-refractivity contribution in [3.05, 3.63) is 51.0 Å². The van der Waals surface area contributed by atoms with Gasteiger partial charge in [-0.2, -0.15) is 15.0 Å². The molecule has 1 aliphatic heterocycles. The van der Waals surface area contributed by atoms with Crippen molar-refractivity contribution in [2.24, 2.45) is 5.92 Å². The van der Waals surface area contributed by atoms with E-state index < -0.39 is 0 Å². The highest BCUT2D eigenvalue weighted by Crippen LogP contribution is 2.38. The summed E-state index contributed by atoms with van der Waals surface area (Å²) in [4.78, 5) is 42.8. The molecule has 2 aromatic heterocycles. The Kier molecular flexibility index (Phi) is 4.77. The average Bonchev–Trinajstić information content (AvgIpc) is 3.49. The van der Waals surface area contributed by atoms with Gasteiger partial charge in [0.05, 0.1) is 12.1 Å². The summed E-state index contributed by atoms with van der Waals surface area (Å²) in [5.41, 5.74) is 1.05. The molecule has 1 unspecified atom stereocenters. The van der Waals surface area contributed by atoms with Gasteiger partial charge >= 0.3 is 6.03 Å². The first-order chi connectivity index (χ1) is 14.9. The molecule has 10 heteroatoms. The van der Waals surface area contributed by atoms with E-state index >= 15 is 0 Å². The number of halogens is 1. The van der Waals surface area contributed by atoms with Crippen LogP contribution in [0.15, 0.2) is 29.1 Å². The number of anilines is 2. The smallest absolute Gasteiger partial charge is 0.324 e. The molecule has 5 rings (SSSR count). The molecule has 3 aromatic rings. The van der Waals surface area contributed by atoms with Crippen molar-refractivity contribution < 1.29 is 4.79 Å². The number of pyridine rings is 1. The quantitative estimate of drug-likeness (QED) is 0.562. The lowest BCUT2D eigenvalue weighted by Gasteiger charge is -2.22. The maximum absolute atomic E-state index is 12.6. The van der Waals surface area contributed by atoms with Gasteiger partial charge in [0.25, 0.3) is 5.56 Å². The summed E-state index contributed by atoms with van der Waals surface area (Å²) in [6.45, 7) is 4.21. The Hall–Kier alpha value is -3.20. The summed E-state index contributed by atoms with van der Waals surface area (Å²) >= 11 is 6.10. The number of amides is 2. The Morgan fingerprint density at radius 1 is 1.19 bits per heavy atom. The van der Waals surface area contributed by atoms with Crippen LogP contribution in [-0.2, 0) is 0 Å². The van der Waals surface area contributed by atoms with E-state index in [1.807, 2.05) is 13.0 Å². The molecule has 0 spiro atoms. The van der Waals surface area contributed by atoms with Crippen LogP contribution in [0.25, 0.3) is 10.9 Å². The number of aromatic nitrogens is 4. The van der Waals surface area contributed by atoms with Gasteiger partial charge in [0, 0.05) is 28.0 Å². The number of hydrogen-bond donors (Lipinski definition) is 3. The molecule has 2 aliphatic rings. The zero-order chi connectivity index (χ0) is 21.7. The van der Waals surface area contributed by atoms with E-state index in [1.165, 1.54) is 0 Å². The minimum Gasteiger partial charge on any atom is -0.347 e. The highest BCUT2D eigenvalue weighted by atomic mass is 35.5. The lowest BCUT2D eigenvalue weighted by atomic mass is 10.1. The first kappa shape index (κ1) is 19.7. The van der Waals surface area contributed by atoms with Gasteiger partial charge in [-0.1, -0.05) is 11.6 Å². The molecule has 0 radical (unpaired) electrons. The summed E-state index contributed by atoms with van der Waals surface area (Å²) in [5.74, 6) is 1.62. The molecule has 31 heavy (non-hydrogen) atoms. The van der Waals surface area contributed by atoms with E-state index in [9.17, 15) is 9.59 Å². The minimum atomic E-state index is -0.381. The van der Waals surface area contributed by atoms with Gasteiger partial charge in [0.1, 0.15) is 5.82 Å². The van der Waals surface area contributed by atoms with Crippen LogP contribution in [0.2, 0.25) is 5.02 Å². The third-order valence-corrected chi connectivity index (χ3v) is 6.01. The fraction of sp³-hybridized carbons (Fsp3) is 0.381. The number of nitrogens with one attached hydrogen (secondary N) is 3. The van der Waals surface area contributed by atoms with Crippen molar-refractivity contribution in [1.29, 1.82) is 0 Å². The lowest BCUT2D eigenvalue weighted by molar-refractivity contribution is 0.251. The highest BCUT2D eigenvalue weighted by Gasteiger charge is 2.43. The van der Waals surface area contributed by atoms with Crippen molar-refractivity contribution in [3.8, 4) is 0 Å². The first-order valence-electron chi connectivity index (χ1n) is 10.3. The minimum absolute atomic E-state index is 0.0626. The van der Waals surface area contributed by atoms with E-state index in [2.05, 4.69) is 30.6 Å². The number of fused-ring (bicyclic) bond motifs is 1. The summed E-state index contributed by atoms with van der Waals surface area (Å²) in [6.07, 6.45) is 2.22. The summed E-state index contributed by atoms with van der Waals surface area (Å²) in [6, 6.07) is 6.62. The van der Waals surface area contributed by atoms with E-state index in [4.69, 9.17) is 11.6 Å². The molecular formula is C21H22ClN7O2. The number of carbonyl (C=O) groups excluding carboxylic acids is 1. The Morgan fingerprint density at radius 2 is 2.00 bits per heavy atom. The molecule has 9 nitrogen and oxygen atoms in total. The molecule has 1 saturated heterocycles. The van der Waals surface area contributed by atoms with Gasteiger partial charge in [-0.15, -0.1) is 0 Å². The van der Waals surface area contributed by atoms with Gasteiger partial charge < -0.3 is 15.6 Å². The van der Waals surface area contributed by atoms with Gasteiger partial charge in [-0.05, 0) is 56.9 Å². The average molecular weight is 440 g/mol. The molecule has 2 fully saturated rings. The molecule has 1 aromatic carbocycles. The van der Waals surface area contributed by atoms with Crippen molar-refractivity contribution in [1.82, 2.24) is 25.3 Å². The zero-order valence-electron chi connectivity index (χ0n) is 17.1. The van der Waals surface area contributed by atoms with Crippen LogP contribution in [0.3, 0.4) is 0 Å². The number of benzene rings is 1. The van der Waals surface area contributed by atoms with Crippen molar-refractivity contribution in [2.45, 2.75) is 38.8 Å². The Labute approximate surface area is 183 Å². The predicted octanol–water partition coefficient (Wildman–Crippen LogP) is 3.16. The molecular weight excluding hydrogens is 418 g/mol. The second-order valence-corrected chi connectivity index (χ2v) is 8.55. The van der Waals surface area contributed by atoms with Gasteiger partial charge in [0.2, 0.25) is 11.9 Å². The van der Waals surface area contributed by atoms with Crippen molar-refractivity contribution in [2.75, 3.05) is 16.8 Å². The van der Waals surface area contributed by atoms with Crippen LogP contribution in [0.5, 0.6) is 0 Å². The molecule has 1 saturated carbocycles. The number of H-pyrrole nitrogens is 1. The lowest BCUT2D eigenvalue weighted by Crippen LogP contribution is -2.37. The molecule has 3 N–H and O–H groups in total. The fourth-order valence-corrected chi connectivity index (χ4v) is 4.22. The number of rotatable bonds is 5. The number of aromatic amines is 1. The highest BCUT2D eigenvalue weighted by molar-refractivity contribution is 6.31. The van der Waals surface area contributed by atoms with Crippen LogP contribution in [-0.4, -0.2) is 38.6 Å². The zero-order valence-corrected chi connectivity index (χ0v) is 17.9. The monoisotopic (exact) mass is 439 g/mol. The maximum atomic E-state index is 12.6. The topological polar surface area (TPSA) is 116 Å². The number of nitrogens with zero attached hydrogens (tertiary/aromatic N) is 4. The Balaban J connectivity index is 1.45. The largest absolute Gasteiger partial charge is 0.347 e. The van der Waals surface area contributed by atoms with E-state index in [0.717, 1.165) is 23.7 Å². The maximum Gasteiger partial charge on any atom is 0.324 e. The van der Waals surface area contributed by atoms with Crippen LogP contribution in [0, 0.1) is 12.8 Å². The summed E-state index contributed by atoms with van der Waals surface area (Å²) < 4.78 is 0. The van der Waals surface area contributed by atoms with E-state index in [-0.39, 0.29) is 23.7 Å². The molecule has 1 aliphatic carbocycles. The van der Waals surface area contributed by atoms with Crippen LogP contribution < -0.4 is 21.1 Å². The van der Waals surface area contributed by atoms with Crippen LogP contribution >= 0.6 is 11.6 Å². The number of carbonyl (C=O) groups is 1. The number of aryl methyl sites for hydroxylation is 1. The van der Waals surface area contributed by atoms with Crippen molar-refractivity contribution >= 4 is 40.4 Å². The molecule has 2 atom stereocenters. The molecule has 160 valence electrons. The number of urea groups is 1. The third-order valence-electron chi connectivity index (χ3n) is 5.78.